The van der Waals surface area contributed by atoms with E-state index in [1.54, 1.807) is 19.2 Å². The topological polar surface area (TPSA) is 117 Å². The van der Waals surface area contributed by atoms with Gasteiger partial charge in [-0.2, -0.15) is 5.10 Å². The first-order valence-corrected chi connectivity index (χ1v) is 13.2. The number of hydrazone groups is 1. The minimum atomic E-state index is -0.713. The first kappa shape index (κ1) is 25.7. The van der Waals surface area contributed by atoms with Crippen LogP contribution in [0.3, 0.4) is 0 Å². The maximum atomic E-state index is 11.3. The third-order valence-electron chi connectivity index (χ3n) is 7.05. The van der Waals surface area contributed by atoms with Gasteiger partial charge in [0.2, 0.25) is 11.8 Å². The number of benzene rings is 1. The molecule has 38 heavy (non-hydrogen) atoms. The highest BCUT2D eigenvalue weighted by atomic mass is 16.5. The standard InChI is InChI=1S/C28H35N7O3/c1-4-29-25-15-24-23(17-31-25)28(20-7-5-19(6-8-20)16-30-18(2)36)33-35(24)21-9-11-22(12-10-21)38-26-13-14-27(37)34(3)32-26/h5-8,13-15,17,21-22,27,37H,4,9-12,16H2,1-3H3,(H,29,31)(H,30,36)/t21-,22+,27?. The summed E-state index contributed by atoms with van der Waals surface area (Å²) >= 11 is 0. The number of nitrogens with one attached hydrogen (secondary N) is 2. The molecule has 0 bridgehead atoms. The van der Waals surface area contributed by atoms with Crippen molar-refractivity contribution >= 4 is 28.5 Å². The molecule has 2 aliphatic rings. The summed E-state index contributed by atoms with van der Waals surface area (Å²) in [5.41, 5.74) is 4.02. The average Bonchev–Trinajstić information content (AvgIpc) is 3.29. The summed E-state index contributed by atoms with van der Waals surface area (Å²) in [5, 5.41) is 27.9. The number of carbonyl (C=O) groups excluding carboxylic acids is 1. The molecule has 1 aromatic carbocycles. The first-order valence-electron chi connectivity index (χ1n) is 13.2. The summed E-state index contributed by atoms with van der Waals surface area (Å²) < 4.78 is 8.29. The SMILES string of the molecule is CCNc1cc2c(cn1)c(-c1ccc(CNC(C)=O)cc1)nn2[C@H]1CC[C@@H](OC2=NN(C)C(O)C=C2)CC1. The number of likely N-dealkylation sites (N-methyl/N-ethyl adjacent to an activating group) is 1. The number of aliphatic hydroxyl groups is 1. The third kappa shape index (κ3) is 5.65. The molecule has 200 valence electrons. The molecular weight excluding hydrogens is 482 g/mol. The number of ether oxygens (including phenoxy) is 1. The van der Waals surface area contributed by atoms with E-state index < -0.39 is 6.23 Å². The van der Waals surface area contributed by atoms with Crippen molar-refractivity contribution in [2.75, 3.05) is 18.9 Å². The Morgan fingerprint density at radius 2 is 1.95 bits per heavy atom. The van der Waals surface area contributed by atoms with Crippen LogP contribution in [0.25, 0.3) is 22.2 Å². The van der Waals surface area contributed by atoms with Gasteiger partial charge in [-0.05, 0) is 44.2 Å². The maximum Gasteiger partial charge on any atom is 0.230 e. The zero-order valence-corrected chi connectivity index (χ0v) is 22.1. The van der Waals surface area contributed by atoms with Crippen LogP contribution in [0, 0.1) is 0 Å². The van der Waals surface area contributed by atoms with Gasteiger partial charge in [-0.3, -0.25) is 14.5 Å². The minimum Gasteiger partial charge on any atom is -0.473 e. The highest BCUT2D eigenvalue weighted by molar-refractivity contribution is 5.94. The van der Waals surface area contributed by atoms with E-state index in [1.165, 1.54) is 11.9 Å². The van der Waals surface area contributed by atoms with Crippen molar-refractivity contribution in [3.63, 3.8) is 0 Å². The minimum absolute atomic E-state index is 0.0455. The van der Waals surface area contributed by atoms with E-state index in [0.717, 1.165) is 65.8 Å². The van der Waals surface area contributed by atoms with Crippen LogP contribution in [-0.2, 0) is 16.1 Å². The van der Waals surface area contributed by atoms with Gasteiger partial charge in [-0.15, -0.1) is 5.10 Å². The molecule has 1 aliphatic carbocycles. The fraction of sp³-hybridized carbons (Fsp3) is 0.429. The van der Waals surface area contributed by atoms with Crippen molar-refractivity contribution in [1.82, 2.24) is 25.1 Å². The maximum absolute atomic E-state index is 11.3. The zero-order chi connectivity index (χ0) is 26.6. The third-order valence-corrected chi connectivity index (χ3v) is 7.05. The van der Waals surface area contributed by atoms with Crippen LogP contribution >= 0.6 is 0 Å². The molecule has 3 N–H and O–H groups in total. The fourth-order valence-corrected chi connectivity index (χ4v) is 4.99. The second kappa shape index (κ2) is 11.2. The zero-order valence-electron chi connectivity index (χ0n) is 22.1. The molecule has 2 aromatic heterocycles. The molecule has 0 saturated heterocycles. The number of amides is 1. The summed E-state index contributed by atoms with van der Waals surface area (Å²) in [6.45, 7) is 4.88. The van der Waals surface area contributed by atoms with Gasteiger partial charge >= 0.3 is 0 Å². The summed E-state index contributed by atoms with van der Waals surface area (Å²) in [4.78, 5) is 15.9. The summed E-state index contributed by atoms with van der Waals surface area (Å²) in [6.07, 6.45) is 8.34. The number of pyridine rings is 1. The lowest BCUT2D eigenvalue weighted by Crippen LogP contribution is -2.32. The second-order valence-corrected chi connectivity index (χ2v) is 9.85. The lowest BCUT2D eigenvalue weighted by Gasteiger charge is -2.30. The van der Waals surface area contributed by atoms with E-state index in [4.69, 9.17) is 9.84 Å². The Hall–Kier alpha value is -3.92. The number of nitrogens with zero attached hydrogens (tertiary/aromatic N) is 5. The lowest BCUT2D eigenvalue weighted by molar-refractivity contribution is -0.119. The van der Waals surface area contributed by atoms with Crippen molar-refractivity contribution in [3.05, 3.63) is 54.2 Å². The predicted octanol–water partition coefficient (Wildman–Crippen LogP) is 3.80. The number of anilines is 1. The highest BCUT2D eigenvalue weighted by Gasteiger charge is 2.28. The van der Waals surface area contributed by atoms with Gasteiger partial charge in [-0.1, -0.05) is 24.3 Å². The average molecular weight is 518 g/mol. The molecule has 1 fully saturated rings. The fourth-order valence-electron chi connectivity index (χ4n) is 4.99. The van der Waals surface area contributed by atoms with E-state index in [2.05, 4.69) is 50.5 Å². The molecule has 1 aliphatic heterocycles. The van der Waals surface area contributed by atoms with Gasteiger partial charge < -0.3 is 20.5 Å². The summed E-state index contributed by atoms with van der Waals surface area (Å²) in [5.74, 6) is 1.33. The molecular formula is C28H35N7O3. The Kier molecular flexibility index (Phi) is 7.59. The molecule has 0 radical (unpaired) electrons. The van der Waals surface area contributed by atoms with Crippen LogP contribution in [-0.4, -0.2) is 62.6 Å². The second-order valence-electron chi connectivity index (χ2n) is 9.85. The van der Waals surface area contributed by atoms with Crippen molar-refractivity contribution in [2.24, 2.45) is 5.10 Å². The largest absolute Gasteiger partial charge is 0.473 e. The number of fused-ring (bicyclic) bond motifs is 1. The van der Waals surface area contributed by atoms with Crippen molar-refractivity contribution in [3.8, 4) is 11.3 Å². The van der Waals surface area contributed by atoms with E-state index in [9.17, 15) is 9.90 Å². The van der Waals surface area contributed by atoms with E-state index in [0.29, 0.717) is 12.4 Å². The van der Waals surface area contributed by atoms with Crippen LogP contribution in [0.4, 0.5) is 5.82 Å². The van der Waals surface area contributed by atoms with Crippen molar-refractivity contribution in [1.29, 1.82) is 0 Å². The van der Waals surface area contributed by atoms with Crippen LogP contribution in [0.15, 0.2) is 53.8 Å². The molecule has 10 heteroatoms. The Morgan fingerprint density at radius 3 is 2.63 bits per heavy atom. The molecule has 5 rings (SSSR count). The van der Waals surface area contributed by atoms with Gasteiger partial charge in [-0.25, -0.2) is 4.98 Å². The summed E-state index contributed by atoms with van der Waals surface area (Å²) in [7, 11) is 1.72. The van der Waals surface area contributed by atoms with Gasteiger partial charge in [0.25, 0.3) is 0 Å². The van der Waals surface area contributed by atoms with Crippen LogP contribution in [0.1, 0.15) is 51.1 Å². The van der Waals surface area contributed by atoms with Gasteiger partial charge in [0, 0.05) is 56.3 Å². The number of aromatic nitrogens is 3. The van der Waals surface area contributed by atoms with Gasteiger partial charge in [0.1, 0.15) is 17.6 Å². The molecule has 0 spiro atoms. The lowest BCUT2D eigenvalue weighted by atomic mass is 9.93. The number of carbonyl (C=O) groups is 1. The van der Waals surface area contributed by atoms with E-state index in [-0.39, 0.29) is 18.1 Å². The van der Waals surface area contributed by atoms with Crippen molar-refractivity contribution < 1.29 is 14.6 Å². The predicted molar refractivity (Wildman–Crippen MR) is 147 cm³/mol. The molecule has 3 aromatic rings. The molecule has 1 unspecified atom stereocenters. The highest BCUT2D eigenvalue weighted by Crippen LogP contribution is 2.36. The monoisotopic (exact) mass is 517 g/mol. The Labute approximate surface area is 222 Å². The smallest absolute Gasteiger partial charge is 0.230 e. The number of hydrogen-bond acceptors (Lipinski definition) is 8. The van der Waals surface area contributed by atoms with E-state index >= 15 is 0 Å². The molecule has 3 heterocycles. The Balaban J connectivity index is 1.37. The first-order chi connectivity index (χ1) is 18.4. The number of aliphatic hydroxyl groups excluding tert-OH is 1. The number of hydrogen-bond donors (Lipinski definition) is 3. The van der Waals surface area contributed by atoms with Crippen LogP contribution < -0.4 is 10.6 Å². The molecule has 10 nitrogen and oxygen atoms in total. The Bertz CT molecular complexity index is 1340. The summed E-state index contributed by atoms with van der Waals surface area (Å²) in [6, 6.07) is 10.5. The quantitative estimate of drug-likeness (QED) is 0.436. The molecule has 1 atom stereocenters. The van der Waals surface area contributed by atoms with Crippen molar-refractivity contribution in [2.45, 2.75) is 64.4 Å². The van der Waals surface area contributed by atoms with E-state index in [1.807, 2.05) is 18.3 Å². The normalized spacial score (nSPS) is 21.3. The van der Waals surface area contributed by atoms with Crippen LogP contribution in [0.5, 0.6) is 0 Å². The van der Waals surface area contributed by atoms with Gasteiger partial charge in [0.05, 0.1) is 11.6 Å². The molecule has 1 amide bonds. The number of rotatable bonds is 7. The van der Waals surface area contributed by atoms with Crippen LogP contribution in [0.2, 0.25) is 0 Å². The van der Waals surface area contributed by atoms with Gasteiger partial charge in [0.15, 0.2) is 6.23 Å². The molecule has 1 saturated carbocycles. The Morgan fingerprint density at radius 1 is 1.18 bits per heavy atom.